The highest BCUT2D eigenvalue weighted by Crippen LogP contribution is 2.32. The SMILES string of the molecule is CCCCOC(=O)N1CCC(n2ccc3c(Oc4cccnc4C)ncnc32)CC1. The molecule has 4 rings (SSSR count). The smallest absolute Gasteiger partial charge is 0.409 e. The molecule has 1 aliphatic heterocycles. The van der Waals surface area contributed by atoms with Gasteiger partial charge >= 0.3 is 6.09 Å². The van der Waals surface area contributed by atoms with Gasteiger partial charge in [0.25, 0.3) is 0 Å². The van der Waals surface area contributed by atoms with Gasteiger partial charge in [-0.25, -0.2) is 14.8 Å². The molecule has 158 valence electrons. The predicted octanol–water partition coefficient (Wildman–Crippen LogP) is 4.50. The first-order valence-electron chi connectivity index (χ1n) is 10.5. The Morgan fingerprint density at radius 2 is 2.03 bits per heavy atom. The normalized spacial score (nSPS) is 14.8. The number of likely N-dealkylation sites (tertiary alicyclic amines) is 1. The van der Waals surface area contributed by atoms with Crippen LogP contribution in [-0.2, 0) is 4.74 Å². The largest absolute Gasteiger partial charge is 0.449 e. The average Bonchev–Trinajstić information content (AvgIpc) is 3.21. The maximum atomic E-state index is 12.2. The summed E-state index contributed by atoms with van der Waals surface area (Å²) in [6.07, 6.45) is 8.72. The van der Waals surface area contributed by atoms with Crippen molar-refractivity contribution in [2.45, 2.75) is 45.6 Å². The predicted molar refractivity (Wildman–Crippen MR) is 113 cm³/mol. The van der Waals surface area contributed by atoms with Crippen LogP contribution in [0, 0.1) is 6.92 Å². The lowest BCUT2D eigenvalue weighted by Crippen LogP contribution is -2.39. The van der Waals surface area contributed by atoms with Gasteiger partial charge in [0, 0.05) is 31.5 Å². The summed E-state index contributed by atoms with van der Waals surface area (Å²) in [7, 11) is 0. The van der Waals surface area contributed by atoms with Gasteiger partial charge in [0.05, 0.1) is 17.7 Å². The Balaban J connectivity index is 1.46. The highest BCUT2D eigenvalue weighted by Gasteiger charge is 2.26. The number of ether oxygens (including phenoxy) is 2. The third-order valence-electron chi connectivity index (χ3n) is 5.48. The number of carbonyl (C=O) groups is 1. The van der Waals surface area contributed by atoms with Crippen LogP contribution in [-0.4, -0.2) is 50.2 Å². The van der Waals surface area contributed by atoms with E-state index in [0.717, 1.165) is 42.4 Å². The number of fused-ring (bicyclic) bond motifs is 1. The second-order valence-corrected chi connectivity index (χ2v) is 7.51. The van der Waals surface area contributed by atoms with E-state index < -0.39 is 0 Å². The Morgan fingerprint density at radius 3 is 2.80 bits per heavy atom. The van der Waals surface area contributed by atoms with Crippen molar-refractivity contribution in [1.29, 1.82) is 0 Å². The van der Waals surface area contributed by atoms with Crippen molar-refractivity contribution in [3.05, 3.63) is 42.6 Å². The minimum Gasteiger partial charge on any atom is -0.449 e. The van der Waals surface area contributed by atoms with E-state index in [4.69, 9.17) is 9.47 Å². The van der Waals surface area contributed by atoms with Crippen LogP contribution < -0.4 is 4.74 Å². The minimum atomic E-state index is -0.205. The van der Waals surface area contributed by atoms with Crippen molar-refractivity contribution in [2.24, 2.45) is 0 Å². The molecule has 0 saturated carbocycles. The summed E-state index contributed by atoms with van der Waals surface area (Å²) in [6, 6.07) is 5.97. The molecule has 0 unspecified atom stereocenters. The maximum absolute atomic E-state index is 12.2. The van der Waals surface area contributed by atoms with E-state index in [1.165, 1.54) is 6.33 Å². The van der Waals surface area contributed by atoms with E-state index in [0.29, 0.717) is 31.3 Å². The molecule has 30 heavy (non-hydrogen) atoms. The van der Waals surface area contributed by atoms with Crippen LogP contribution in [0.5, 0.6) is 11.6 Å². The number of aryl methyl sites for hydroxylation is 1. The number of piperidine rings is 1. The van der Waals surface area contributed by atoms with E-state index in [1.807, 2.05) is 31.3 Å². The van der Waals surface area contributed by atoms with Gasteiger partial charge in [0.15, 0.2) is 5.75 Å². The zero-order valence-corrected chi connectivity index (χ0v) is 17.5. The first-order valence-corrected chi connectivity index (χ1v) is 10.5. The molecule has 0 aromatic carbocycles. The molecule has 0 atom stereocenters. The number of hydrogen-bond donors (Lipinski definition) is 0. The molecule has 0 bridgehead atoms. The Bertz CT molecular complexity index is 1010. The average molecular weight is 409 g/mol. The highest BCUT2D eigenvalue weighted by molar-refractivity contribution is 5.81. The number of rotatable bonds is 6. The van der Waals surface area contributed by atoms with Crippen LogP contribution in [0.3, 0.4) is 0 Å². The van der Waals surface area contributed by atoms with Crippen molar-refractivity contribution >= 4 is 17.1 Å². The van der Waals surface area contributed by atoms with E-state index in [9.17, 15) is 4.79 Å². The fraction of sp³-hybridized carbons (Fsp3) is 0.455. The summed E-state index contributed by atoms with van der Waals surface area (Å²) in [4.78, 5) is 27.1. The fourth-order valence-corrected chi connectivity index (χ4v) is 3.73. The topological polar surface area (TPSA) is 82.4 Å². The molecular formula is C22H27N5O3. The van der Waals surface area contributed by atoms with E-state index in [-0.39, 0.29) is 12.1 Å². The molecular weight excluding hydrogens is 382 g/mol. The van der Waals surface area contributed by atoms with Crippen molar-refractivity contribution in [3.8, 4) is 11.6 Å². The number of unbranched alkanes of at least 4 members (excludes halogenated alkanes) is 1. The summed E-state index contributed by atoms with van der Waals surface area (Å²) >= 11 is 0. The molecule has 1 amide bonds. The molecule has 4 heterocycles. The van der Waals surface area contributed by atoms with Gasteiger partial charge in [0.1, 0.15) is 12.0 Å². The molecule has 8 heteroatoms. The summed E-state index contributed by atoms with van der Waals surface area (Å²) < 4.78 is 13.5. The molecule has 3 aromatic rings. The van der Waals surface area contributed by atoms with Gasteiger partial charge in [-0.05, 0) is 44.4 Å². The molecule has 1 aliphatic rings. The third-order valence-corrected chi connectivity index (χ3v) is 5.48. The molecule has 0 spiro atoms. The summed E-state index contributed by atoms with van der Waals surface area (Å²) in [5, 5.41) is 0.863. The van der Waals surface area contributed by atoms with Gasteiger partial charge in [-0.15, -0.1) is 0 Å². The molecule has 0 N–H and O–H groups in total. The van der Waals surface area contributed by atoms with Crippen LogP contribution in [0.1, 0.15) is 44.3 Å². The minimum absolute atomic E-state index is 0.205. The van der Waals surface area contributed by atoms with E-state index >= 15 is 0 Å². The summed E-state index contributed by atoms with van der Waals surface area (Å²) in [5.41, 5.74) is 1.65. The van der Waals surface area contributed by atoms with Crippen molar-refractivity contribution < 1.29 is 14.3 Å². The second-order valence-electron chi connectivity index (χ2n) is 7.51. The van der Waals surface area contributed by atoms with Crippen LogP contribution in [0.15, 0.2) is 36.9 Å². The third kappa shape index (κ3) is 4.22. The number of pyridine rings is 1. The molecule has 0 radical (unpaired) electrons. The Kier molecular flexibility index (Phi) is 6.11. The van der Waals surface area contributed by atoms with Crippen LogP contribution in [0.4, 0.5) is 4.79 Å². The highest BCUT2D eigenvalue weighted by atomic mass is 16.6. The molecule has 1 fully saturated rings. The van der Waals surface area contributed by atoms with Gasteiger partial charge in [-0.2, -0.15) is 0 Å². The van der Waals surface area contributed by atoms with Crippen molar-refractivity contribution in [3.63, 3.8) is 0 Å². The molecule has 0 aliphatic carbocycles. The zero-order chi connectivity index (χ0) is 20.9. The number of amides is 1. The van der Waals surface area contributed by atoms with Gasteiger partial charge in [0.2, 0.25) is 5.88 Å². The molecule has 3 aromatic heterocycles. The van der Waals surface area contributed by atoms with Gasteiger partial charge in [-0.1, -0.05) is 13.3 Å². The quantitative estimate of drug-likeness (QED) is 0.558. The van der Waals surface area contributed by atoms with Gasteiger partial charge in [-0.3, -0.25) is 4.98 Å². The second kappa shape index (κ2) is 9.11. The number of hydrogen-bond acceptors (Lipinski definition) is 6. The zero-order valence-electron chi connectivity index (χ0n) is 17.5. The van der Waals surface area contributed by atoms with E-state index in [1.54, 1.807) is 11.1 Å². The lowest BCUT2D eigenvalue weighted by Gasteiger charge is -2.32. The first kappa shape index (κ1) is 20.1. The molecule has 1 saturated heterocycles. The number of aromatic nitrogens is 4. The summed E-state index contributed by atoms with van der Waals surface area (Å²) in [6.45, 7) is 5.84. The van der Waals surface area contributed by atoms with Crippen LogP contribution >= 0.6 is 0 Å². The number of nitrogens with zero attached hydrogens (tertiary/aromatic N) is 5. The molecule has 8 nitrogen and oxygen atoms in total. The van der Waals surface area contributed by atoms with Gasteiger partial charge < -0.3 is 18.9 Å². The summed E-state index contributed by atoms with van der Waals surface area (Å²) in [5.74, 6) is 1.20. The van der Waals surface area contributed by atoms with E-state index in [2.05, 4.69) is 26.4 Å². The monoisotopic (exact) mass is 409 g/mol. The van der Waals surface area contributed by atoms with Crippen molar-refractivity contribution in [2.75, 3.05) is 19.7 Å². The number of carbonyl (C=O) groups excluding carboxylic acids is 1. The maximum Gasteiger partial charge on any atom is 0.409 e. The standard InChI is InChI=1S/C22H27N5O3/c1-3-4-14-29-22(28)26-11-7-17(8-12-26)27-13-9-18-20(27)24-15-25-21(18)30-19-6-5-10-23-16(19)2/h5-6,9-10,13,15,17H,3-4,7-8,11-12,14H2,1-2H3. The van der Waals surface area contributed by atoms with Crippen molar-refractivity contribution in [1.82, 2.24) is 24.4 Å². The van der Waals surface area contributed by atoms with Crippen LogP contribution in [0.2, 0.25) is 0 Å². The fourth-order valence-electron chi connectivity index (χ4n) is 3.73. The first-order chi connectivity index (χ1) is 14.7. The Morgan fingerprint density at radius 1 is 1.20 bits per heavy atom. The lowest BCUT2D eigenvalue weighted by atomic mass is 10.1. The van der Waals surface area contributed by atoms with Crippen LogP contribution in [0.25, 0.3) is 11.0 Å². The Hall–Kier alpha value is -3.16. The lowest BCUT2D eigenvalue weighted by molar-refractivity contribution is 0.0878. The Labute approximate surface area is 175 Å².